The Balaban J connectivity index is 1.76. The lowest BCUT2D eigenvalue weighted by Gasteiger charge is -2.25. The van der Waals surface area contributed by atoms with Crippen LogP contribution < -0.4 is 5.73 Å². The third-order valence-electron chi connectivity index (χ3n) is 3.04. The maximum atomic E-state index is 5.52. The quantitative estimate of drug-likeness (QED) is 0.773. The first-order chi connectivity index (χ1) is 7.38. The van der Waals surface area contributed by atoms with Gasteiger partial charge in [-0.25, -0.2) is 0 Å². The second kappa shape index (κ2) is 5.28. The molecule has 0 amide bonds. The SMILES string of the molecule is NCc1cc(CCN2CCCCC2)n[nH]1. The van der Waals surface area contributed by atoms with Crippen molar-refractivity contribution in [3.8, 4) is 0 Å². The van der Waals surface area contributed by atoms with Crippen LogP contribution in [0.15, 0.2) is 6.07 Å². The Morgan fingerprint density at radius 3 is 2.80 bits per heavy atom. The third-order valence-corrected chi connectivity index (χ3v) is 3.04. The molecule has 0 unspecified atom stereocenters. The van der Waals surface area contributed by atoms with E-state index in [4.69, 9.17) is 5.73 Å². The number of piperidine rings is 1. The van der Waals surface area contributed by atoms with Crippen molar-refractivity contribution in [3.05, 3.63) is 17.5 Å². The van der Waals surface area contributed by atoms with Crippen molar-refractivity contribution in [1.29, 1.82) is 0 Å². The summed E-state index contributed by atoms with van der Waals surface area (Å²) in [7, 11) is 0. The number of nitrogens with zero attached hydrogens (tertiary/aromatic N) is 2. The van der Waals surface area contributed by atoms with Crippen LogP contribution in [0.1, 0.15) is 30.7 Å². The summed E-state index contributed by atoms with van der Waals surface area (Å²) in [6.45, 7) is 4.20. The largest absolute Gasteiger partial charge is 0.325 e. The maximum absolute atomic E-state index is 5.52. The van der Waals surface area contributed by atoms with E-state index in [2.05, 4.69) is 21.2 Å². The van der Waals surface area contributed by atoms with Crippen LogP contribution in [0.4, 0.5) is 0 Å². The van der Waals surface area contributed by atoms with Crippen LogP contribution >= 0.6 is 0 Å². The van der Waals surface area contributed by atoms with Crippen LogP contribution in [0.3, 0.4) is 0 Å². The molecule has 0 aromatic carbocycles. The summed E-state index contributed by atoms with van der Waals surface area (Å²) < 4.78 is 0. The van der Waals surface area contributed by atoms with E-state index in [0.717, 1.165) is 24.4 Å². The summed E-state index contributed by atoms with van der Waals surface area (Å²) in [4.78, 5) is 2.53. The molecule has 0 aliphatic carbocycles. The van der Waals surface area contributed by atoms with Gasteiger partial charge in [-0.2, -0.15) is 5.10 Å². The zero-order valence-corrected chi connectivity index (χ0v) is 9.21. The smallest absolute Gasteiger partial charge is 0.0638 e. The third kappa shape index (κ3) is 3.04. The van der Waals surface area contributed by atoms with Gasteiger partial charge in [0, 0.05) is 25.2 Å². The van der Waals surface area contributed by atoms with Gasteiger partial charge >= 0.3 is 0 Å². The molecule has 0 atom stereocenters. The number of hydrogen-bond donors (Lipinski definition) is 2. The van der Waals surface area contributed by atoms with Gasteiger partial charge in [0.25, 0.3) is 0 Å². The van der Waals surface area contributed by atoms with Crippen LogP contribution in [0, 0.1) is 0 Å². The molecule has 0 radical (unpaired) electrons. The van der Waals surface area contributed by atoms with Gasteiger partial charge in [-0.1, -0.05) is 6.42 Å². The lowest BCUT2D eigenvalue weighted by Crippen LogP contribution is -2.31. The van der Waals surface area contributed by atoms with Crippen LogP contribution in [-0.4, -0.2) is 34.7 Å². The van der Waals surface area contributed by atoms with E-state index in [1.807, 2.05) is 0 Å². The number of nitrogens with two attached hydrogens (primary N) is 1. The van der Waals surface area contributed by atoms with E-state index in [1.54, 1.807) is 0 Å². The van der Waals surface area contributed by atoms with Gasteiger partial charge < -0.3 is 10.6 Å². The van der Waals surface area contributed by atoms with Gasteiger partial charge in [0.15, 0.2) is 0 Å². The lowest BCUT2D eigenvalue weighted by molar-refractivity contribution is 0.231. The summed E-state index contributed by atoms with van der Waals surface area (Å²) in [5.74, 6) is 0. The molecule has 1 fully saturated rings. The zero-order valence-electron chi connectivity index (χ0n) is 9.21. The highest BCUT2D eigenvalue weighted by Crippen LogP contribution is 2.09. The molecule has 2 rings (SSSR count). The molecular formula is C11H20N4. The van der Waals surface area contributed by atoms with Crippen LogP contribution in [0.2, 0.25) is 0 Å². The lowest BCUT2D eigenvalue weighted by atomic mass is 10.1. The van der Waals surface area contributed by atoms with Gasteiger partial charge in [0.05, 0.1) is 5.69 Å². The summed E-state index contributed by atoms with van der Waals surface area (Å²) in [6.07, 6.45) is 5.15. The number of aromatic amines is 1. The second-order valence-electron chi connectivity index (χ2n) is 4.24. The number of likely N-dealkylation sites (tertiary alicyclic amines) is 1. The minimum atomic E-state index is 0.552. The predicted octanol–water partition coefficient (Wildman–Crippen LogP) is 0.897. The average Bonchev–Trinajstić information content (AvgIpc) is 2.76. The van der Waals surface area contributed by atoms with Crippen LogP contribution in [0.25, 0.3) is 0 Å². The highest BCUT2D eigenvalue weighted by Gasteiger charge is 2.10. The second-order valence-corrected chi connectivity index (χ2v) is 4.24. The molecule has 3 N–H and O–H groups in total. The Morgan fingerprint density at radius 1 is 1.33 bits per heavy atom. The van der Waals surface area contributed by atoms with Crippen molar-refractivity contribution in [1.82, 2.24) is 15.1 Å². The Bertz CT molecular complexity index is 289. The van der Waals surface area contributed by atoms with Crippen molar-refractivity contribution in [2.45, 2.75) is 32.2 Å². The fourth-order valence-electron chi connectivity index (χ4n) is 2.10. The van der Waals surface area contributed by atoms with E-state index >= 15 is 0 Å². The van der Waals surface area contributed by atoms with Crippen molar-refractivity contribution in [3.63, 3.8) is 0 Å². The standard InChI is InChI=1S/C11H20N4/c12-9-11-8-10(13-14-11)4-7-15-5-2-1-3-6-15/h8H,1-7,9,12H2,(H,13,14). The molecule has 1 aromatic rings. The van der Waals surface area contributed by atoms with E-state index in [9.17, 15) is 0 Å². The van der Waals surface area contributed by atoms with Crippen LogP contribution in [0.5, 0.6) is 0 Å². The Hall–Kier alpha value is -0.870. The number of H-pyrrole nitrogens is 1. The molecule has 4 heteroatoms. The van der Waals surface area contributed by atoms with Gasteiger partial charge in [0.1, 0.15) is 0 Å². The van der Waals surface area contributed by atoms with Gasteiger partial charge in [-0.15, -0.1) is 0 Å². The Kier molecular flexibility index (Phi) is 3.75. The molecule has 2 heterocycles. The molecule has 0 saturated carbocycles. The van der Waals surface area contributed by atoms with E-state index in [1.165, 1.54) is 32.4 Å². The molecule has 84 valence electrons. The molecule has 1 aromatic heterocycles. The number of aromatic nitrogens is 2. The first-order valence-corrected chi connectivity index (χ1v) is 5.84. The topological polar surface area (TPSA) is 57.9 Å². The molecular weight excluding hydrogens is 188 g/mol. The van der Waals surface area contributed by atoms with Crippen molar-refractivity contribution >= 4 is 0 Å². The monoisotopic (exact) mass is 208 g/mol. The summed E-state index contributed by atoms with van der Waals surface area (Å²) in [5.41, 5.74) is 7.69. The molecule has 1 aliphatic heterocycles. The molecule has 15 heavy (non-hydrogen) atoms. The number of hydrogen-bond acceptors (Lipinski definition) is 3. The minimum absolute atomic E-state index is 0.552. The number of rotatable bonds is 4. The van der Waals surface area contributed by atoms with E-state index in [-0.39, 0.29) is 0 Å². The summed E-state index contributed by atoms with van der Waals surface area (Å²) in [6, 6.07) is 2.07. The van der Waals surface area contributed by atoms with Gasteiger partial charge in [-0.05, 0) is 32.0 Å². The van der Waals surface area contributed by atoms with Gasteiger partial charge in [-0.3, -0.25) is 5.10 Å². The van der Waals surface area contributed by atoms with Crippen molar-refractivity contribution in [2.24, 2.45) is 5.73 Å². The molecule has 0 spiro atoms. The van der Waals surface area contributed by atoms with Crippen LogP contribution in [-0.2, 0) is 13.0 Å². The fourth-order valence-corrected chi connectivity index (χ4v) is 2.10. The highest BCUT2D eigenvalue weighted by molar-refractivity contribution is 5.08. The van der Waals surface area contributed by atoms with E-state index < -0.39 is 0 Å². The highest BCUT2D eigenvalue weighted by atomic mass is 15.1. The first-order valence-electron chi connectivity index (χ1n) is 5.84. The minimum Gasteiger partial charge on any atom is -0.325 e. The summed E-state index contributed by atoms with van der Waals surface area (Å²) in [5, 5.41) is 7.19. The number of nitrogens with one attached hydrogen (secondary N) is 1. The summed E-state index contributed by atoms with van der Waals surface area (Å²) >= 11 is 0. The predicted molar refractivity (Wildman–Crippen MR) is 60.5 cm³/mol. The molecule has 1 aliphatic rings. The first kappa shape index (κ1) is 10.6. The maximum Gasteiger partial charge on any atom is 0.0638 e. The molecule has 1 saturated heterocycles. The molecule has 4 nitrogen and oxygen atoms in total. The Labute approximate surface area is 90.8 Å². The van der Waals surface area contributed by atoms with Crippen molar-refractivity contribution < 1.29 is 0 Å². The zero-order chi connectivity index (χ0) is 10.5. The van der Waals surface area contributed by atoms with Crippen molar-refractivity contribution in [2.75, 3.05) is 19.6 Å². The fraction of sp³-hybridized carbons (Fsp3) is 0.727. The molecule has 0 bridgehead atoms. The van der Waals surface area contributed by atoms with E-state index in [0.29, 0.717) is 6.54 Å². The van der Waals surface area contributed by atoms with Gasteiger partial charge in [0.2, 0.25) is 0 Å². The Morgan fingerprint density at radius 2 is 2.13 bits per heavy atom. The average molecular weight is 208 g/mol. The normalized spacial score (nSPS) is 18.2.